The third-order valence-corrected chi connectivity index (χ3v) is 11.3. The number of aromatic nitrogens is 1. The zero-order valence-corrected chi connectivity index (χ0v) is 17.7. The van der Waals surface area contributed by atoms with Crippen LogP contribution in [0.15, 0.2) is 42.6 Å². The van der Waals surface area contributed by atoms with Crippen molar-refractivity contribution < 1.29 is 9.16 Å². The Morgan fingerprint density at radius 3 is 1.92 bits per heavy atom. The van der Waals surface area contributed by atoms with E-state index in [1.165, 1.54) is 5.56 Å². The molecule has 0 atom stereocenters. The van der Waals surface area contributed by atoms with Gasteiger partial charge in [-0.3, -0.25) is 0 Å². The number of benzene rings is 1. The first-order valence-electron chi connectivity index (χ1n) is 9.28. The topological polar surface area (TPSA) is 23.4 Å². The summed E-state index contributed by atoms with van der Waals surface area (Å²) in [7, 11) is -0.241. The van der Waals surface area contributed by atoms with E-state index in [9.17, 15) is 0 Å². The van der Waals surface area contributed by atoms with Crippen LogP contribution in [0, 0.1) is 0 Å². The molecular formula is C21H33NO2Si. The molecule has 1 aromatic heterocycles. The van der Waals surface area contributed by atoms with Crippen molar-refractivity contribution in [3.8, 4) is 11.6 Å². The molecule has 25 heavy (non-hydrogen) atoms. The summed E-state index contributed by atoms with van der Waals surface area (Å²) >= 11 is 0. The lowest BCUT2D eigenvalue weighted by molar-refractivity contribution is 0.414. The van der Waals surface area contributed by atoms with Crippen molar-refractivity contribution in [3.63, 3.8) is 0 Å². The molecule has 0 aliphatic heterocycles. The zero-order valence-electron chi connectivity index (χ0n) is 16.7. The van der Waals surface area contributed by atoms with Gasteiger partial charge in [0.1, 0.15) is 5.75 Å². The van der Waals surface area contributed by atoms with Gasteiger partial charge in [0, 0.05) is 6.20 Å². The van der Waals surface area contributed by atoms with E-state index in [-0.39, 0.29) is 0 Å². The Hall–Kier alpha value is -1.68. The van der Waals surface area contributed by atoms with Gasteiger partial charge in [0.25, 0.3) is 8.32 Å². The molecule has 0 amide bonds. The van der Waals surface area contributed by atoms with Gasteiger partial charge >= 0.3 is 0 Å². The Bertz CT molecular complexity index is 637. The van der Waals surface area contributed by atoms with Crippen molar-refractivity contribution in [2.45, 2.75) is 64.7 Å². The standard InChI is InChI=1S/C21H33NO2Si/c1-16(2)25(17(3)4,18(5)6)24-21-9-8-14-22(21)15-19-10-12-20(23-7)13-11-19/h8-14,16-18H,15H2,1-7H3. The minimum Gasteiger partial charge on any atom is -0.531 e. The molecule has 4 heteroatoms. The fourth-order valence-corrected chi connectivity index (χ4v) is 9.34. The molecule has 0 radical (unpaired) electrons. The Morgan fingerprint density at radius 1 is 0.880 bits per heavy atom. The largest absolute Gasteiger partial charge is 0.531 e. The van der Waals surface area contributed by atoms with Crippen LogP contribution in [0.3, 0.4) is 0 Å². The molecule has 0 saturated heterocycles. The first kappa shape index (κ1) is 19.6. The van der Waals surface area contributed by atoms with Crippen LogP contribution in [0.1, 0.15) is 47.1 Å². The van der Waals surface area contributed by atoms with E-state index in [2.05, 4.69) is 76.6 Å². The van der Waals surface area contributed by atoms with Crippen molar-refractivity contribution in [2.24, 2.45) is 0 Å². The van der Waals surface area contributed by atoms with Gasteiger partial charge in [-0.1, -0.05) is 53.7 Å². The van der Waals surface area contributed by atoms with Crippen LogP contribution in [0.2, 0.25) is 16.6 Å². The van der Waals surface area contributed by atoms with Crippen LogP contribution in [-0.2, 0) is 6.54 Å². The SMILES string of the molecule is COc1ccc(Cn2cccc2O[Si](C(C)C)(C(C)C)C(C)C)cc1. The van der Waals surface area contributed by atoms with Crippen LogP contribution in [0.5, 0.6) is 11.6 Å². The number of rotatable bonds is 8. The fraction of sp³-hybridized carbons (Fsp3) is 0.524. The maximum Gasteiger partial charge on any atom is 0.260 e. The average molecular weight is 360 g/mol. The Morgan fingerprint density at radius 2 is 1.44 bits per heavy atom. The van der Waals surface area contributed by atoms with Gasteiger partial charge in [0.2, 0.25) is 0 Å². The van der Waals surface area contributed by atoms with E-state index >= 15 is 0 Å². The van der Waals surface area contributed by atoms with Gasteiger partial charge in [0.05, 0.1) is 13.7 Å². The second kappa shape index (κ2) is 8.13. The minimum absolute atomic E-state index is 0.567. The third-order valence-electron chi connectivity index (χ3n) is 5.29. The monoisotopic (exact) mass is 359 g/mol. The molecule has 0 N–H and O–H groups in total. The highest BCUT2D eigenvalue weighted by Gasteiger charge is 2.47. The third kappa shape index (κ3) is 4.11. The molecule has 1 aromatic carbocycles. The Labute approximate surface area is 154 Å². The van der Waals surface area contributed by atoms with E-state index < -0.39 is 8.32 Å². The maximum atomic E-state index is 6.85. The van der Waals surface area contributed by atoms with Crippen molar-refractivity contribution in [1.29, 1.82) is 0 Å². The van der Waals surface area contributed by atoms with Crippen LogP contribution in [-0.4, -0.2) is 20.0 Å². The van der Waals surface area contributed by atoms with Crippen LogP contribution < -0.4 is 9.16 Å². The lowest BCUT2D eigenvalue weighted by Crippen LogP contribution is -2.51. The molecule has 3 nitrogen and oxygen atoms in total. The van der Waals surface area contributed by atoms with Gasteiger partial charge < -0.3 is 13.7 Å². The molecule has 0 aliphatic rings. The second-order valence-electron chi connectivity index (χ2n) is 7.74. The zero-order chi connectivity index (χ0) is 18.6. The lowest BCUT2D eigenvalue weighted by Gasteiger charge is -2.42. The van der Waals surface area contributed by atoms with Crippen LogP contribution in [0.25, 0.3) is 0 Å². The first-order chi connectivity index (χ1) is 11.8. The summed E-state index contributed by atoms with van der Waals surface area (Å²) in [5.74, 6) is 1.89. The summed E-state index contributed by atoms with van der Waals surface area (Å²) in [6.45, 7) is 14.7. The molecule has 2 aromatic rings. The molecule has 0 bridgehead atoms. The van der Waals surface area contributed by atoms with Gasteiger partial charge in [-0.05, 0) is 46.5 Å². The van der Waals surface area contributed by atoms with E-state index in [1.807, 2.05) is 12.1 Å². The summed E-state index contributed by atoms with van der Waals surface area (Å²) in [5.41, 5.74) is 2.94. The van der Waals surface area contributed by atoms with Crippen molar-refractivity contribution in [3.05, 3.63) is 48.2 Å². The summed E-state index contributed by atoms with van der Waals surface area (Å²) in [6.07, 6.45) is 2.11. The molecule has 1 heterocycles. The lowest BCUT2D eigenvalue weighted by atomic mass is 10.2. The molecule has 138 valence electrons. The minimum atomic E-state index is -1.94. The fourth-order valence-electron chi connectivity index (χ4n) is 4.08. The molecule has 2 rings (SSSR count). The van der Waals surface area contributed by atoms with Crippen molar-refractivity contribution in [2.75, 3.05) is 7.11 Å². The second-order valence-corrected chi connectivity index (χ2v) is 13.1. The normalized spacial score (nSPS) is 12.2. The summed E-state index contributed by atoms with van der Waals surface area (Å²) in [6, 6.07) is 12.4. The van der Waals surface area contributed by atoms with Gasteiger partial charge in [-0.25, -0.2) is 0 Å². The van der Waals surface area contributed by atoms with Crippen LogP contribution >= 0.6 is 0 Å². The molecule has 0 unspecified atom stereocenters. The van der Waals surface area contributed by atoms with Crippen LogP contribution in [0.4, 0.5) is 0 Å². The predicted molar refractivity (Wildman–Crippen MR) is 108 cm³/mol. The smallest absolute Gasteiger partial charge is 0.260 e. The molecule has 0 aliphatic carbocycles. The molecular weight excluding hydrogens is 326 g/mol. The van der Waals surface area contributed by atoms with Gasteiger partial charge in [-0.15, -0.1) is 0 Å². The number of nitrogens with zero attached hydrogens (tertiary/aromatic N) is 1. The summed E-state index contributed by atoms with van der Waals surface area (Å²) in [4.78, 5) is 0. The highest BCUT2D eigenvalue weighted by molar-refractivity contribution is 6.78. The van der Waals surface area contributed by atoms with Crippen molar-refractivity contribution >= 4 is 8.32 Å². The molecule has 0 fully saturated rings. The van der Waals surface area contributed by atoms with Gasteiger partial charge in [0.15, 0.2) is 5.88 Å². The summed E-state index contributed by atoms with van der Waals surface area (Å²) < 4.78 is 14.3. The number of methoxy groups -OCH3 is 1. The molecule has 0 saturated carbocycles. The Balaban J connectivity index is 2.27. The maximum absolute atomic E-state index is 6.85. The Kier molecular flexibility index (Phi) is 6.39. The van der Waals surface area contributed by atoms with E-state index in [0.717, 1.165) is 18.2 Å². The predicted octanol–water partition coefficient (Wildman–Crippen LogP) is 6.10. The van der Waals surface area contributed by atoms with Crippen molar-refractivity contribution in [1.82, 2.24) is 4.57 Å². The summed E-state index contributed by atoms with van der Waals surface area (Å²) in [5, 5.41) is 0. The molecule has 0 spiro atoms. The van der Waals surface area contributed by atoms with E-state index in [0.29, 0.717) is 16.6 Å². The number of ether oxygens (including phenoxy) is 1. The number of hydrogen-bond acceptors (Lipinski definition) is 2. The number of hydrogen-bond donors (Lipinski definition) is 0. The highest BCUT2D eigenvalue weighted by atomic mass is 28.4. The highest BCUT2D eigenvalue weighted by Crippen LogP contribution is 2.42. The quantitative estimate of drug-likeness (QED) is 0.532. The average Bonchev–Trinajstić information content (AvgIpc) is 2.99. The van der Waals surface area contributed by atoms with Gasteiger partial charge in [-0.2, -0.15) is 0 Å². The van der Waals surface area contributed by atoms with E-state index in [4.69, 9.17) is 9.16 Å². The van der Waals surface area contributed by atoms with E-state index in [1.54, 1.807) is 7.11 Å². The first-order valence-corrected chi connectivity index (χ1v) is 11.4.